The summed E-state index contributed by atoms with van der Waals surface area (Å²) in [7, 11) is 0. The van der Waals surface area contributed by atoms with Crippen molar-refractivity contribution in [3.8, 4) is 0 Å². The first-order valence-corrected chi connectivity index (χ1v) is 7.91. The van der Waals surface area contributed by atoms with Crippen molar-refractivity contribution in [2.75, 3.05) is 19.6 Å². The van der Waals surface area contributed by atoms with Gasteiger partial charge in [-0.15, -0.1) is 0 Å². The highest BCUT2D eigenvalue weighted by Crippen LogP contribution is 2.27. The van der Waals surface area contributed by atoms with Gasteiger partial charge in [0.15, 0.2) is 0 Å². The minimum absolute atomic E-state index is 0.781. The summed E-state index contributed by atoms with van der Waals surface area (Å²) in [5.74, 6) is 0.864. The molecule has 1 aromatic heterocycles. The number of aromatic amines is 1. The van der Waals surface area contributed by atoms with Crippen LogP contribution in [0.2, 0.25) is 0 Å². The molecule has 3 nitrogen and oxygen atoms in total. The van der Waals surface area contributed by atoms with Crippen molar-refractivity contribution in [3.63, 3.8) is 0 Å². The highest BCUT2D eigenvalue weighted by Gasteiger charge is 2.30. The fourth-order valence-corrected chi connectivity index (χ4v) is 3.99. The molecular weight excluding hydrogens is 246 g/mol. The summed E-state index contributed by atoms with van der Waals surface area (Å²) < 4.78 is 0. The van der Waals surface area contributed by atoms with Gasteiger partial charge in [-0.05, 0) is 56.0 Å². The number of hydrogen-bond donors (Lipinski definition) is 2. The number of hydrogen-bond acceptors (Lipinski definition) is 2. The van der Waals surface area contributed by atoms with Gasteiger partial charge >= 0.3 is 0 Å². The Morgan fingerprint density at radius 2 is 2.20 bits per heavy atom. The molecule has 0 radical (unpaired) electrons. The number of nitrogens with one attached hydrogen (secondary N) is 2. The molecule has 2 fully saturated rings. The van der Waals surface area contributed by atoms with Crippen LogP contribution < -0.4 is 5.32 Å². The van der Waals surface area contributed by atoms with E-state index in [2.05, 4.69) is 39.5 Å². The molecule has 106 valence electrons. The molecule has 0 spiro atoms. The van der Waals surface area contributed by atoms with E-state index in [9.17, 15) is 0 Å². The molecule has 0 amide bonds. The predicted molar refractivity (Wildman–Crippen MR) is 82.7 cm³/mol. The van der Waals surface area contributed by atoms with Crippen LogP contribution in [0.3, 0.4) is 0 Å². The second-order valence-electron chi connectivity index (χ2n) is 6.34. The summed E-state index contributed by atoms with van der Waals surface area (Å²) in [5.41, 5.74) is 2.72. The molecule has 20 heavy (non-hydrogen) atoms. The molecular formula is C17H23N3. The number of rotatable bonds is 2. The zero-order chi connectivity index (χ0) is 13.4. The number of H-pyrrole nitrogens is 1. The Morgan fingerprint density at radius 1 is 1.20 bits per heavy atom. The Morgan fingerprint density at radius 3 is 3.20 bits per heavy atom. The van der Waals surface area contributed by atoms with Crippen molar-refractivity contribution in [2.24, 2.45) is 5.92 Å². The SMILES string of the molecule is c1cc(CN2CC[C@@H]3NCCC[C@@H]3C2)c2cc[nH]c2c1. The van der Waals surface area contributed by atoms with Crippen LogP contribution in [0, 0.1) is 5.92 Å². The van der Waals surface area contributed by atoms with Crippen molar-refractivity contribution >= 4 is 10.9 Å². The minimum Gasteiger partial charge on any atom is -0.361 e. The molecule has 2 aromatic rings. The van der Waals surface area contributed by atoms with Crippen LogP contribution in [-0.2, 0) is 6.54 Å². The smallest absolute Gasteiger partial charge is 0.0457 e. The number of benzene rings is 1. The van der Waals surface area contributed by atoms with Crippen molar-refractivity contribution in [1.29, 1.82) is 0 Å². The van der Waals surface area contributed by atoms with Gasteiger partial charge in [0.05, 0.1) is 0 Å². The zero-order valence-corrected chi connectivity index (χ0v) is 11.9. The van der Waals surface area contributed by atoms with Gasteiger partial charge in [0.2, 0.25) is 0 Å². The third-order valence-electron chi connectivity index (χ3n) is 5.06. The number of nitrogens with zero attached hydrogens (tertiary/aromatic N) is 1. The molecule has 3 heterocycles. The lowest BCUT2D eigenvalue weighted by molar-refractivity contribution is 0.109. The lowest BCUT2D eigenvalue weighted by Gasteiger charge is -2.41. The molecule has 0 unspecified atom stereocenters. The average Bonchev–Trinajstić information content (AvgIpc) is 2.97. The van der Waals surface area contributed by atoms with Crippen LogP contribution in [-0.4, -0.2) is 35.6 Å². The van der Waals surface area contributed by atoms with Gasteiger partial charge in [-0.25, -0.2) is 0 Å². The van der Waals surface area contributed by atoms with Gasteiger partial charge < -0.3 is 10.3 Å². The van der Waals surface area contributed by atoms with Gasteiger partial charge in [0, 0.05) is 36.2 Å². The topological polar surface area (TPSA) is 31.1 Å². The van der Waals surface area contributed by atoms with E-state index in [1.54, 1.807) is 0 Å². The average molecular weight is 269 g/mol. The van der Waals surface area contributed by atoms with Gasteiger partial charge in [0.25, 0.3) is 0 Å². The first kappa shape index (κ1) is 12.4. The largest absolute Gasteiger partial charge is 0.361 e. The van der Waals surface area contributed by atoms with Crippen LogP contribution in [0.5, 0.6) is 0 Å². The Bertz CT molecular complexity index is 589. The first-order chi connectivity index (χ1) is 9.90. The monoisotopic (exact) mass is 269 g/mol. The third-order valence-corrected chi connectivity index (χ3v) is 5.06. The summed E-state index contributed by atoms with van der Waals surface area (Å²) in [4.78, 5) is 5.96. The Hall–Kier alpha value is -1.32. The summed E-state index contributed by atoms with van der Waals surface area (Å²) >= 11 is 0. The number of piperidine rings is 2. The van der Waals surface area contributed by atoms with E-state index in [0.29, 0.717) is 0 Å². The number of fused-ring (bicyclic) bond motifs is 2. The lowest BCUT2D eigenvalue weighted by Crippen LogP contribution is -2.51. The van der Waals surface area contributed by atoms with Gasteiger partial charge in [-0.1, -0.05) is 12.1 Å². The molecule has 0 bridgehead atoms. The quantitative estimate of drug-likeness (QED) is 0.878. The van der Waals surface area contributed by atoms with Crippen molar-refractivity contribution in [2.45, 2.75) is 31.8 Å². The number of likely N-dealkylation sites (tertiary alicyclic amines) is 1. The van der Waals surface area contributed by atoms with Crippen molar-refractivity contribution in [3.05, 3.63) is 36.0 Å². The second kappa shape index (κ2) is 5.23. The third kappa shape index (κ3) is 2.25. The molecule has 3 heteroatoms. The highest BCUT2D eigenvalue weighted by molar-refractivity contribution is 5.82. The minimum atomic E-state index is 0.781. The van der Waals surface area contributed by atoms with E-state index in [0.717, 1.165) is 18.5 Å². The predicted octanol–water partition coefficient (Wildman–Crippen LogP) is 2.74. The van der Waals surface area contributed by atoms with Crippen molar-refractivity contribution in [1.82, 2.24) is 15.2 Å². The maximum Gasteiger partial charge on any atom is 0.0457 e. The fraction of sp³-hybridized carbons (Fsp3) is 0.529. The van der Waals surface area contributed by atoms with E-state index in [1.807, 2.05) is 6.20 Å². The molecule has 4 rings (SSSR count). The first-order valence-electron chi connectivity index (χ1n) is 7.91. The van der Waals surface area contributed by atoms with Crippen LogP contribution in [0.15, 0.2) is 30.5 Å². The van der Waals surface area contributed by atoms with Gasteiger partial charge in [-0.3, -0.25) is 4.90 Å². The van der Waals surface area contributed by atoms with E-state index < -0.39 is 0 Å². The Kier molecular flexibility index (Phi) is 3.25. The molecule has 1 aromatic carbocycles. The summed E-state index contributed by atoms with van der Waals surface area (Å²) in [6, 6.07) is 9.60. The standard InChI is InChI=1S/C17H23N3/c1-3-13(15-6-9-19-17(15)5-1)11-20-10-7-16-14(12-20)4-2-8-18-16/h1,3,5-6,9,14,16,18-19H,2,4,7-8,10-12H2/t14-,16+/m1/s1. The molecule has 2 saturated heterocycles. The highest BCUT2D eigenvalue weighted by atomic mass is 15.2. The molecule has 0 aliphatic carbocycles. The van der Waals surface area contributed by atoms with Gasteiger partial charge in [0.1, 0.15) is 0 Å². The molecule has 2 aliphatic rings. The molecule has 2 N–H and O–H groups in total. The van der Waals surface area contributed by atoms with Crippen LogP contribution in [0.1, 0.15) is 24.8 Å². The second-order valence-corrected chi connectivity index (χ2v) is 6.34. The maximum atomic E-state index is 3.70. The molecule has 0 saturated carbocycles. The van der Waals surface area contributed by atoms with Crippen LogP contribution in [0.25, 0.3) is 10.9 Å². The fourth-order valence-electron chi connectivity index (χ4n) is 3.99. The summed E-state index contributed by atoms with van der Waals surface area (Å²) in [6.07, 6.45) is 6.12. The Labute approximate surface area is 120 Å². The van der Waals surface area contributed by atoms with Gasteiger partial charge in [-0.2, -0.15) is 0 Å². The van der Waals surface area contributed by atoms with E-state index >= 15 is 0 Å². The van der Waals surface area contributed by atoms with Crippen LogP contribution in [0.4, 0.5) is 0 Å². The summed E-state index contributed by atoms with van der Waals surface area (Å²) in [6.45, 7) is 4.82. The molecule has 2 atom stereocenters. The van der Waals surface area contributed by atoms with Crippen LogP contribution >= 0.6 is 0 Å². The zero-order valence-electron chi connectivity index (χ0n) is 11.9. The number of aromatic nitrogens is 1. The van der Waals surface area contributed by atoms with E-state index in [4.69, 9.17) is 0 Å². The Balaban J connectivity index is 1.50. The maximum absolute atomic E-state index is 3.70. The normalized spacial score (nSPS) is 27.6. The molecule has 2 aliphatic heterocycles. The van der Waals surface area contributed by atoms with Crippen molar-refractivity contribution < 1.29 is 0 Å². The van der Waals surface area contributed by atoms with E-state index in [1.165, 1.54) is 55.4 Å². The van der Waals surface area contributed by atoms with E-state index in [-0.39, 0.29) is 0 Å². The summed E-state index contributed by atoms with van der Waals surface area (Å²) in [5, 5.41) is 5.08. The lowest BCUT2D eigenvalue weighted by atomic mass is 9.85.